The number of nitrogens with one attached hydrogen (secondary N) is 2. The highest BCUT2D eigenvalue weighted by Gasteiger charge is 2.22. The standard InChI is InChI=1S/C19H32ClN3O2/c1-5-21-18(22-11-8-12-25-14-13-24-4)23-15-19(2,3)16-9-6-7-10-17(16)20/h6-7,9-10H,5,8,11-15H2,1-4H3,(H2,21,22,23). The molecule has 2 N–H and O–H groups in total. The molecule has 1 aromatic rings. The Balaban J connectivity index is 2.50. The minimum absolute atomic E-state index is 0.135. The van der Waals surface area contributed by atoms with Crippen molar-refractivity contribution in [3.8, 4) is 0 Å². The van der Waals surface area contributed by atoms with Crippen molar-refractivity contribution in [2.75, 3.05) is 46.6 Å². The lowest BCUT2D eigenvalue weighted by Crippen LogP contribution is -2.39. The van der Waals surface area contributed by atoms with Gasteiger partial charge in [0.15, 0.2) is 5.96 Å². The second-order valence-electron chi connectivity index (χ2n) is 6.44. The number of ether oxygens (including phenoxy) is 2. The number of guanidine groups is 1. The van der Waals surface area contributed by atoms with Crippen LogP contribution in [0, 0.1) is 0 Å². The molecule has 25 heavy (non-hydrogen) atoms. The maximum Gasteiger partial charge on any atom is 0.191 e. The molecule has 0 radical (unpaired) electrons. The lowest BCUT2D eigenvalue weighted by atomic mass is 9.85. The van der Waals surface area contributed by atoms with E-state index in [1.54, 1.807) is 7.11 Å². The molecule has 0 atom stereocenters. The molecule has 1 rings (SSSR count). The van der Waals surface area contributed by atoms with E-state index in [0.29, 0.717) is 26.4 Å². The van der Waals surface area contributed by atoms with Gasteiger partial charge >= 0.3 is 0 Å². The fourth-order valence-electron chi connectivity index (χ4n) is 2.34. The molecule has 0 spiro atoms. The van der Waals surface area contributed by atoms with Gasteiger partial charge in [0.1, 0.15) is 0 Å². The summed E-state index contributed by atoms with van der Waals surface area (Å²) in [6.07, 6.45) is 0.919. The molecule has 5 nitrogen and oxygen atoms in total. The molecule has 6 heteroatoms. The second-order valence-corrected chi connectivity index (χ2v) is 6.85. The van der Waals surface area contributed by atoms with E-state index in [1.807, 2.05) is 18.2 Å². The minimum atomic E-state index is -0.135. The monoisotopic (exact) mass is 369 g/mol. The lowest BCUT2D eigenvalue weighted by Gasteiger charge is -2.25. The Labute approximate surface area is 157 Å². The summed E-state index contributed by atoms with van der Waals surface area (Å²) in [5, 5.41) is 7.41. The fraction of sp³-hybridized carbons (Fsp3) is 0.632. The van der Waals surface area contributed by atoms with Crippen molar-refractivity contribution in [1.82, 2.24) is 10.6 Å². The maximum absolute atomic E-state index is 6.34. The van der Waals surface area contributed by atoms with Crippen LogP contribution in [0.5, 0.6) is 0 Å². The number of benzene rings is 1. The highest BCUT2D eigenvalue weighted by atomic mass is 35.5. The van der Waals surface area contributed by atoms with E-state index in [0.717, 1.165) is 36.1 Å². The van der Waals surface area contributed by atoms with Gasteiger partial charge in [0.2, 0.25) is 0 Å². The fourth-order valence-corrected chi connectivity index (χ4v) is 2.73. The molecule has 142 valence electrons. The topological polar surface area (TPSA) is 54.9 Å². The third-order valence-electron chi connectivity index (χ3n) is 3.77. The molecule has 0 aliphatic heterocycles. The molecule has 0 aromatic heterocycles. The summed E-state index contributed by atoms with van der Waals surface area (Å²) in [5.41, 5.74) is 0.979. The van der Waals surface area contributed by atoms with Crippen LogP contribution >= 0.6 is 11.6 Å². The number of hydrogen-bond acceptors (Lipinski definition) is 3. The molecule has 0 unspecified atom stereocenters. The van der Waals surface area contributed by atoms with Crippen LogP contribution in [-0.2, 0) is 14.9 Å². The highest BCUT2D eigenvalue weighted by molar-refractivity contribution is 6.31. The van der Waals surface area contributed by atoms with Crippen molar-refractivity contribution < 1.29 is 9.47 Å². The van der Waals surface area contributed by atoms with E-state index in [9.17, 15) is 0 Å². The molecular formula is C19H32ClN3O2. The van der Waals surface area contributed by atoms with Crippen LogP contribution in [0.15, 0.2) is 29.3 Å². The zero-order valence-electron chi connectivity index (χ0n) is 15.9. The molecule has 0 aliphatic rings. The van der Waals surface area contributed by atoms with E-state index in [-0.39, 0.29) is 5.41 Å². The lowest BCUT2D eigenvalue weighted by molar-refractivity contribution is 0.0698. The number of nitrogens with zero attached hydrogens (tertiary/aromatic N) is 1. The third kappa shape index (κ3) is 8.56. The van der Waals surface area contributed by atoms with Crippen molar-refractivity contribution in [3.05, 3.63) is 34.9 Å². The van der Waals surface area contributed by atoms with Crippen LogP contribution in [0.1, 0.15) is 32.8 Å². The summed E-state index contributed by atoms with van der Waals surface area (Å²) in [6, 6.07) is 7.95. The van der Waals surface area contributed by atoms with Crippen molar-refractivity contribution in [2.45, 2.75) is 32.6 Å². The molecule has 0 saturated heterocycles. The SMILES string of the molecule is CCNC(=NCC(C)(C)c1ccccc1Cl)NCCCOCCOC. The quantitative estimate of drug-likeness (QED) is 0.357. The summed E-state index contributed by atoms with van der Waals surface area (Å²) in [7, 11) is 1.67. The largest absolute Gasteiger partial charge is 0.382 e. The number of rotatable bonds is 11. The maximum atomic E-state index is 6.34. The molecule has 0 amide bonds. The predicted molar refractivity (Wildman–Crippen MR) is 106 cm³/mol. The van der Waals surface area contributed by atoms with Crippen molar-refractivity contribution >= 4 is 17.6 Å². The Morgan fingerprint density at radius 3 is 2.60 bits per heavy atom. The van der Waals surface area contributed by atoms with Crippen LogP contribution in [0.3, 0.4) is 0 Å². The van der Waals surface area contributed by atoms with Crippen LogP contribution in [-0.4, -0.2) is 52.5 Å². The third-order valence-corrected chi connectivity index (χ3v) is 4.10. The van der Waals surface area contributed by atoms with Gasteiger partial charge in [-0.05, 0) is 25.0 Å². The molecule has 0 fully saturated rings. The number of halogens is 1. The summed E-state index contributed by atoms with van der Waals surface area (Å²) >= 11 is 6.34. The summed E-state index contributed by atoms with van der Waals surface area (Å²) in [4.78, 5) is 4.72. The van der Waals surface area contributed by atoms with Gasteiger partial charge in [0.25, 0.3) is 0 Å². The molecule has 0 saturated carbocycles. The van der Waals surface area contributed by atoms with Gasteiger partial charge in [-0.25, -0.2) is 0 Å². The Kier molecular flexibility index (Phi) is 10.5. The van der Waals surface area contributed by atoms with Crippen molar-refractivity contribution in [1.29, 1.82) is 0 Å². The van der Waals surface area contributed by atoms with Gasteiger partial charge in [-0.2, -0.15) is 0 Å². The second kappa shape index (κ2) is 12.1. The first-order valence-corrected chi connectivity index (χ1v) is 9.23. The Bertz CT molecular complexity index is 521. The van der Waals surface area contributed by atoms with Gasteiger partial charge in [-0.3, -0.25) is 4.99 Å². The van der Waals surface area contributed by atoms with Crippen LogP contribution < -0.4 is 10.6 Å². The van der Waals surface area contributed by atoms with Gasteiger partial charge in [0, 0.05) is 37.2 Å². The Morgan fingerprint density at radius 1 is 1.16 bits per heavy atom. The van der Waals surface area contributed by atoms with Gasteiger partial charge < -0.3 is 20.1 Å². The summed E-state index contributed by atoms with van der Waals surface area (Å²) in [6.45, 7) is 10.6. The average Bonchev–Trinajstić information content (AvgIpc) is 2.59. The molecule has 0 aliphatic carbocycles. The van der Waals surface area contributed by atoms with Crippen molar-refractivity contribution in [3.63, 3.8) is 0 Å². The predicted octanol–water partition coefficient (Wildman–Crippen LogP) is 3.23. The van der Waals surface area contributed by atoms with E-state index in [1.165, 1.54) is 0 Å². The smallest absolute Gasteiger partial charge is 0.191 e. The van der Waals surface area contributed by atoms with E-state index < -0.39 is 0 Å². The zero-order valence-corrected chi connectivity index (χ0v) is 16.7. The average molecular weight is 370 g/mol. The number of hydrogen-bond donors (Lipinski definition) is 2. The van der Waals surface area contributed by atoms with Crippen LogP contribution in [0.2, 0.25) is 5.02 Å². The Morgan fingerprint density at radius 2 is 1.92 bits per heavy atom. The molecule has 1 aromatic carbocycles. The van der Waals surface area contributed by atoms with Crippen LogP contribution in [0.25, 0.3) is 0 Å². The zero-order chi connectivity index (χ0) is 18.5. The highest BCUT2D eigenvalue weighted by Crippen LogP contribution is 2.29. The normalized spacial score (nSPS) is 12.3. The van der Waals surface area contributed by atoms with E-state index in [4.69, 9.17) is 26.1 Å². The first-order valence-electron chi connectivity index (χ1n) is 8.85. The van der Waals surface area contributed by atoms with E-state index in [2.05, 4.69) is 37.5 Å². The first-order chi connectivity index (χ1) is 12.0. The molecule has 0 bridgehead atoms. The number of methoxy groups -OCH3 is 1. The summed E-state index contributed by atoms with van der Waals surface area (Å²) in [5.74, 6) is 0.819. The van der Waals surface area contributed by atoms with Gasteiger partial charge in [0.05, 0.1) is 19.8 Å². The van der Waals surface area contributed by atoms with Crippen molar-refractivity contribution in [2.24, 2.45) is 4.99 Å². The van der Waals surface area contributed by atoms with E-state index >= 15 is 0 Å². The van der Waals surface area contributed by atoms with Gasteiger partial charge in [-0.15, -0.1) is 0 Å². The minimum Gasteiger partial charge on any atom is -0.382 e. The first kappa shape index (κ1) is 21.7. The van der Waals surface area contributed by atoms with Crippen LogP contribution in [0.4, 0.5) is 0 Å². The molecule has 0 heterocycles. The van der Waals surface area contributed by atoms with Gasteiger partial charge in [-0.1, -0.05) is 43.6 Å². The molecular weight excluding hydrogens is 338 g/mol. The summed E-state index contributed by atoms with van der Waals surface area (Å²) < 4.78 is 10.4. The number of aliphatic imine (C=N–C) groups is 1. The Hall–Kier alpha value is -1.30.